The van der Waals surface area contributed by atoms with E-state index >= 15 is 0 Å². The van der Waals surface area contributed by atoms with Gasteiger partial charge in [0, 0.05) is 23.2 Å². The number of nitrogens with one attached hydrogen (secondary N) is 2. The van der Waals surface area contributed by atoms with Crippen LogP contribution in [0, 0.1) is 0 Å². The van der Waals surface area contributed by atoms with Gasteiger partial charge in [0.05, 0.1) is 12.1 Å². The second kappa shape index (κ2) is 6.63. The Labute approximate surface area is 120 Å². The molecule has 0 bridgehead atoms. The minimum absolute atomic E-state index is 0.0384. The monoisotopic (exact) mass is 296 g/mol. The van der Waals surface area contributed by atoms with Crippen molar-refractivity contribution in [1.29, 1.82) is 0 Å². The molecule has 0 fully saturated rings. The second-order valence-corrected chi connectivity index (χ2v) is 5.89. The van der Waals surface area contributed by atoms with Crippen molar-refractivity contribution in [1.82, 2.24) is 20.6 Å². The molecule has 0 spiro atoms. The average Bonchev–Trinajstić information content (AvgIpc) is 3.07. The fourth-order valence-electron chi connectivity index (χ4n) is 1.65. The van der Waals surface area contributed by atoms with Crippen molar-refractivity contribution in [2.45, 2.75) is 32.4 Å². The van der Waals surface area contributed by atoms with Crippen molar-refractivity contribution in [3.05, 3.63) is 33.2 Å². The molecule has 0 aliphatic heterocycles. The summed E-state index contributed by atoms with van der Waals surface area (Å²) in [5.74, 6) is 0. The zero-order chi connectivity index (χ0) is 13.7. The maximum absolute atomic E-state index is 11.9. The summed E-state index contributed by atoms with van der Waals surface area (Å²) in [5.41, 5.74) is 0. The molecular formula is C12H16N4OS2. The van der Waals surface area contributed by atoms with Crippen LogP contribution >= 0.6 is 22.7 Å². The molecule has 2 N–H and O–H groups in total. The number of urea groups is 1. The van der Waals surface area contributed by atoms with Gasteiger partial charge in [0.2, 0.25) is 0 Å². The molecule has 2 aromatic rings. The lowest BCUT2D eigenvalue weighted by molar-refractivity contribution is 0.233. The van der Waals surface area contributed by atoms with Gasteiger partial charge >= 0.3 is 6.03 Å². The van der Waals surface area contributed by atoms with Gasteiger partial charge in [-0.15, -0.1) is 22.7 Å². The number of carbonyl (C=O) groups is 1. The van der Waals surface area contributed by atoms with E-state index in [1.54, 1.807) is 23.7 Å². The van der Waals surface area contributed by atoms with E-state index < -0.39 is 0 Å². The molecule has 0 saturated heterocycles. The van der Waals surface area contributed by atoms with Crippen molar-refractivity contribution in [2.75, 3.05) is 0 Å². The molecule has 2 amide bonds. The van der Waals surface area contributed by atoms with E-state index in [1.165, 1.54) is 11.3 Å². The van der Waals surface area contributed by atoms with E-state index in [0.717, 1.165) is 16.4 Å². The van der Waals surface area contributed by atoms with Gasteiger partial charge in [-0.3, -0.25) is 0 Å². The quantitative estimate of drug-likeness (QED) is 0.891. The van der Waals surface area contributed by atoms with Crippen LogP contribution in [-0.2, 0) is 0 Å². The maximum Gasteiger partial charge on any atom is 0.315 e. The van der Waals surface area contributed by atoms with Crippen LogP contribution < -0.4 is 10.6 Å². The SMILES string of the molecule is CC[C@@H](NC(=O)N[C@@H](C)c1nccs1)c1nccs1. The molecular weight excluding hydrogens is 280 g/mol. The molecule has 102 valence electrons. The second-order valence-electron chi connectivity index (χ2n) is 4.04. The number of amides is 2. The number of nitrogens with zero attached hydrogens (tertiary/aromatic N) is 2. The van der Waals surface area contributed by atoms with Crippen molar-refractivity contribution in [3.63, 3.8) is 0 Å². The maximum atomic E-state index is 11.9. The van der Waals surface area contributed by atoms with Crippen LogP contribution in [0.15, 0.2) is 23.2 Å². The molecule has 19 heavy (non-hydrogen) atoms. The number of aromatic nitrogens is 2. The molecule has 0 aliphatic rings. The van der Waals surface area contributed by atoms with Crippen LogP contribution in [0.25, 0.3) is 0 Å². The van der Waals surface area contributed by atoms with Gasteiger partial charge in [-0.05, 0) is 13.3 Å². The van der Waals surface area contributed by atoms with Crippen LogP contribution in [0.4, 0.5) is 4.79 Å². The highest BCUT2D eigenvalue weighted by Gasteiger charge is 2.17. The molecule has 2 rings (SSSR count). The summed E-state index contributed by atoms with van der Waals surface area (Å²) in [6.45, 7) is 3.94. The topological polar surface area (TPSA) is 66.9 Å². The smallest absolute Gasteiger partial charge is 0.315 e. The largest absolute Gasteiger partial charge is 0.329 e. The summed E-state index contributed by atoms with van der Waals surface area (Å²) in [7, 11) is 0. The highest BCUT2D eigenvalue weighted by atomic mass is 32.1. The predicted octanol–water partition coefficient (Wildman–Crippen LogP) is 3.11. The van der Waals surface area contributed by atoms with Gasteiger partial charge in [0.25, 0.3) is 0 Å². The molecule has 0 unspecified atom stereocenters. The Bertz CT molecular complexity index is 498. The first-order chi connectivity index (χ1) is 9.20. The lowest BCUT2D eigenvalue weighted by Gasteiger charge is -2.17. The molecule has 0 radical (unpaired) electrons. The normalized spacial score (nSPS) is 13.8. The first-order valence-corrected chi connectivity index (χ1v) is 7.82. The lowest BCUT2D eigenvalue weighted by Crippen LogP contribution is -2.39. The molecule has 5 nitrogen and oxygen atoms in total. The summed E-state index contributed by atoms with van der Waals surface area (Å²) in [6.07, 6.45) is 4.30. The summed E-state index contributed by atoms with van der Waals surface area (Å²) in [6, 6.07) is -0.318. The minimum atomic E-state index is -0.190. The number of rotatable bonds is 5. The van der Waals surface area contributed by atoms with Gasteiger partial charge < -0.3 is 10.6 Å². The Balaban J connectivity index is 1.90. The van der Waals surface area contributed by atoms with Crippen LogP contribution in [0.2, 0.25) is 0 Å². The number of hydrogen-bond donors (Lipinski definition) is 2. The molecule has 2 atom stereocenters. The number of thiazole rings is 2. The van der Waals surface area contributed by atoms with Crippen molar-refractivity contribution < 1.29 is 4.79 Å². The van der Waals surface area contributed by atoms with Crippen LogP contribution in [0.5, 0.6) is 0 Å². The molecule has 2 heterocycles. The van der Waals surface area contributed by atoms with E-state index in [4.69, 9.17) is 0 Å². The first-order valence-electron chi connectivity index (χ1n) is 6.06. The summed E-state index contributed by atoms with van der Waals surface area (Å²) in [5, 5.41) is 11.5. The third-order valence-corrected chi connectivity index (χ3v) is 4.48. The van der Waals surface area contributed by atoms with Crippen LogP contribution in [0.1, 0.15) is 42.4 Å². The zero-order valence-corrected chi connectivity index (χ0v) is 12.4. The third kappa shape index (κ3) is 3.74. The third-order valence-electron chi connectivity index (χ3n) is 2.63. The highest BCUT2D eigenvalue weighted by Crippen LogP contribution is 2.19. The fourth-order valence-corrected chi connectivity index (χ4v) is 3.07. The minimum Gasteiger partial charge on any atom is -0.329 e. The van der Waals surface area contributed by atoms with E-state index in [1.807, 2.05) is 24.6 Å². The van der Waals surface area contributed by atoms with Gasteiger partial charge in [-0.1, -0.05) is 6.92 Å². The fraction of sp³-hybridized carbons (Fsp3) is 0.417. The predicted molar refractivity (Wildman–Crippen MR) is 77.3 cm³/mol. The van der Waals surface area contributed by atoms with Gasteiger partial charge in [-0.2, -0.15) is 0 Å². The van der Waals surface area contributed by atoms with Crippen molar-refractivity contribution in [2.24, 2.45) is 0 Å². The molecule has 2 aromatic heterocycles. The molecule has 0 aliphatic carbocycles. The zero-order valence-electron chi connectivity index (χ0n) is 10.8. The van der Waals surface area contributed by atoms with Gasteiger partial charge in [0.15, 0.2) is 0 Å². The van der Waals surface area contributed by atoms with E-state index in [9.17, 15) is 4.79 Å². The Kier molecular flexibility index (Phi) is 4.86. The first kappa shape index (κ1) is 14.0. The van der Waals surface area contributed by atoms with Gasteiger partial charge in [0.1, 0.15) is 10.0 Å². The number of hydrogen-bond acceptors (Lipinski definition) is 5. The summed E-state index contributed by atoms with van der Waals surface area (Å²) in [4.78, 5) is 20.4. The van der Waals surface area contributed by atoms with Gasteiger partial charge in [-0.25, -0.2) is 14.8 Å². The molecule has 0 saturated carbocycles. The van der Waals surface area contributed by atoms with Crippen molar-refractivity contribution >= 4 is 28.7 Å². The Morgan fingerprint density at radius 2 is 1.84 bits per heavy atom. The Hall–Kier alpha value is -1.47. The highest BCUT2D eigenvalue weighted by molar-refractivity contribution is 7.09. The van der Waals surface area contributed by atoms with E-state index in [0.29, 0.717) is 0 Å². The number of carbonyl (C=O) groups excluding carboxylic acids is 1. The van der Waals surface area contributed by atoms with Crippen LogP contribution in [-0.4, -0.2) is 16.0 Å². The Morgan fingerprint density at radius 3 is 2.37 bits per heavy atom. The standard InChI is InChI=1S/C12H16N4OS2/c1-3-9(11-14-5-7-19-11)16-12(17)15-8(2)10-13-4-6-18-10/h4-9H,3H2,1-2H3,(H2,15,16,17)/t8-,9+/m0/s1. The molecule has 0 aromatic carbocycles. The summed E-state index contributed by atoms with van der Waals surface area (Å²) >= 11 is 3.08. The van der Waals surface area contributed by atoms with Crippen molar-refractivity contribution in [3.8, 4) is 0 Å². The Morgan fingerprint density at radius 1 is 1.21 bits per heavy atom. The average molecular weight is 296 g/mol. The van der Waals surface area contributed by atoms with E-state index in [-0.39, 0.29) is 18.1 Å². The lowest BCUT2D eigenvalue weighted by atomic mass is 10.2. The molecule has 7 heteroatoms. The van der Waals surface area contributed by atoms with Crippen LogP contribution in [0.3, 0.4) is 0 Å². The van der Waals surface area contributed by atoms with E-state index in [2.05, 4.69) is 20.6 Å². The summed E-state index contributed by atoms with van der Waals surface area (Å²) < 4.78 is 0.